The highest BCUT2D eigenvalue weighted by molar-refractivity contribution is 5.37. The van der Waals surface area contributed by atoms with Crippen molar-refractivity contribution in [2.45, 2.75) is 33.2 Å². The van der Waals surface area contributed by atoms with Crippen molar-refractivity contribution in [3.05, 3.63) is 22.5 Å². The molecule has 0 unspecified atom stereocenters. The first-order valence-corrected chi connectivity index (χ1v) is 7.10. The summed E-state index contributed by atoms with van der Waals surface area (Å²) in [5.74, 6) is 1.02. The molecule has 0 aliphatic heterocycles. The van der Waals surface area contributed by atoms with Crippen molar-refractivity contribution in [1.29, 1.82) is 0 Å². The summed E-state index contributed by atoms with van der Waals surface area (Å²) in [7, 11) is 0. The lowest BCUT2D eigenvalue weighted by Crippen LogP contribution is -2.17. The summed E-state index contributed by atoms with van der Waals surface area (Å²) in [4.78, 5) is 23.6. The number of rotatable bonds is 7. The summed E-state index contributed by atoms with van der Waals surface area (Å²) < 4.78 is 5.45. The van der Waals surface area contributed by atoms with E-state index >= 15 is 0 Å². The van der Waals surface area contributed by atoms with Crippen LogP contribution in [0.1, 0.15) is 27.2 Å². The van der Waals surface area contributed by atoms with Crippen molar-refractivity contribution in [2.24, 2.45) is 0 Å². The maximum atomic E-state index is 11.0. The third-order valence-corrected chi connectivity index (χ3v) is 2.79. The molecule has 0 saturated heterocycles. The van der Waals surface area contributed by atoms with Gasteiger partial charge < -0.3 is 15.4 Å². The van der Waals surface area contributed by atoms with Crippen LogP contribution in [0.15, 0.2) is 16.9 Å². The van der Waals surface area contributed by atoms with Crippen molar-refractivity contribution in [1.82, 2.24) is 25.1 Å². The van der Waals surface area contributed by atoms with Crippen molar-refractivity contribution in [3.8, 4) is 11.9 Å². The second-order valence-electron chi connectivity index (χ2n) is 4.61. The first-order chi connectivity index (χ1) is 10.6. The molecule has 0 fully saturated rings. The fraction of sp³-hybridized carbons (Fsp3) is 0.462. The molecule has 0 aliphatic carbocycles. The zero-order valence-corrected chi connectivity index (χ0v) is 12.8. The molecule has 0 bridgehead atoms. The minimum absolute atomic E-state index is 0.0938. The number of aromatic amines is 1. The first kappa shape index (κ1) is 15.7. The van der Waals surface area contributed by atoms with Crippen LogP contribution >= 0.6 is 0 Å². The number of H-pyrrole nitrogens is 1. The molecule has 22 heavy (non-hydrogen) atoms. The molecular weight excluding hydrogens is 286 g/mol. The van der Waals surface area contributed by atoms with Gasteiger partial charge in [0.1, 0.15) is 0 Å². The van der Waals surface area contributed by atoms with Crippen LogP contribution < -0.4 is 20.9 Å². The van der Waals surface area contributed by atoms with Crippen molar-refractivity contribution < 1.29 is 4.74 Å². The maximum Gasteiger partial charge on any atom is 0.330 e. The van der Waals surface area contributed by atoms with E-state index in [2.05, 4.69) is 42.7 Å². The van der Waals surface area contributed by atoms with Crippen LogP contribution in [0.25, 0.3) is 0 Å². The Labute approximate surface area is 127 Å². The molecule has 0 saturated carbocycles. The predicted molar refractivity (Wildman–Crippen MR) is 82.3 cm³/mol. The van der Waals surface area contributed by atoms with Gasteiger partial charge in [0.05, 0.1) is 0 Å². The Morgan fingerprint density at radius 1 is 1.23 bits per heavy atom. The Balaban J connectivity index is 2.24. The maximum absolute atomic E-state index is 11.0. The molecule has 0 aromatic carbocycles. The average molecular weight is 305 g/mol. The smallest absolute Gasteiger partial charge is 0.330 e. The molecule has 0 spiro atoms. The van der Waals surface area contributed by atoms with E-state index in [1.165, 1.54) is 12.1 Å². The Bertz CT molecular complexity index is 653. The van der Waals surface area contributed by atoms with Gasteiger partial charge >= 0.3 is 6.01 Å². The number of nitrogens with one attached hydrogen (secondary N) is 3. The monoisotopic (exact) mass is 305 g/mol. The minimum atomic E-state index is -0.310. The van der Waals surface area contributed by atoms with Crippen LogP contribution in [0.4, 0.5) is 11.9 Å². The summed E-state index contributed by atoms with van der Waals surface area (Å²) in [6, 6.07) is 3.07. The summed E-state index contributed by atoms with van der Waals surface area (Å²) in [5.41, 5.74) is -0.310. The lowest BCUT2D eigenvalue weighted by molar-refractivity contribution is 0.417. The van der Waals surface area contributed by atoms with Gasteiger partial charge in [-0.1, -0.05) is 6.92 Å². The van der Waals surface area contributed by atoms with E-state index < -0.39 is 0 Å². The van der Waals surface area contributed by atoms with Crippen molar-refractivity contribution >= 4 is 11.9 Å². The molecule has 9 heteroatoms. The van der Waals surface area contributed by atoms with Gasteiger partial charge in [-0.2, -0.15) is 15.0 Å². The van der Waals surface area contributed by atoms with E-state index in [-0.39, 0.29) is 23.5 Å². The van der Waals surface area contributed by atoms with Crippen LogP contribution in [-0.2, 0) is 0 Å². The predicted octanol–water partition coefficient (Wildman–Crippen LogP) is 1.39. The van der Waals surface area contributed by atoms with Crippen LogP contribution in [0.3, 0.4) is 0 Å². The van der Waals surface area contributed by atoms with E-state index in [1.807, 2.05) is 13.8 Å². The molecular formula is C13H19N7O2. The van der Waals surface area contributed by atoms with Gasteiger partial charge in [0.15, 0.2) is 0 Å². The Hall–Kier alpha value is -2.71. The molecule has 2 aromatic rings. The molecule has 3 N–H and O–H groups in total. The van der Waals surface area contributed by atoms with Gasteiger partial charge in [0, 0.05) is 24.7 Å². The number of hydrogen-bond acceptors (Lipinski definition) is 8. The normalized spacial score (nSPS) is 11.8. The molecule has 0 aliphatic rings. The summed E-state index contributed by atoms with van der Waals surface area (Å²) >= 11 is 0. The topological polar surface area (TPSA) is 118 Å². The van der Waals surface area contributed by atoms with E-state index in [4.69, 9.17) is 4.74 Å². The van der Waals surface area contributed by atoms with Crippen molar-refractivity contribution in [2.75, 3.05) is 17.2 Å². The Morgan fingerprint density at radius 3 is 2.64 bits per heavy atom. The van der Waals surface area contributed by atoms with Gasteiger partial charge in [-0.3, -0.25) is 4.79 Å². The first-order valence-electron chi connectivity index (χ1n) is 7.10. The highest BCUT2D eigenvalue weighted by atomic mass is 16.5. The Morgan fingerprint density at radius 2 is 2.00 bits per heavy atom. The van der Waals surface area contributed by atoms with E-state index in [0.29, 0.717) is 18.4 Å². The third kappa shape index (κ3) is 4.40. The van der Waals surface area contributed by atoms with Gasteiger partial charge in [-0.05, 0) is 20.3 Å². The number of anilines is 2. The second-order valence-corrected chi connectivity index (χ2v) is 4.61. The zero-order valence-electron chi connectivity index (χ0n) is 12.8. The standard InChI is InChI=1S/C13H19N7O2/c1-4-8(3)15-12-16-11(14-5-2)17-13(18-12)22-10-7-6-9(21)19-20-10/h6-8H,4-5H2,1-3H3,(H,19,21)(H2,14,15,16,17,18)/t8-/m0/s1. The molecule has 9 nitrogen and oxygen atoms in total. The number of nitrogens with zero attached hydrogens (tertiary/aromatic N) is 4. The summed E-state index contributed by atoms with van der Waals surface area (Å²) in [6.45, 7) is 6.70. The molecule has 0 amide bonds. The van der Waals surface area contributed by atoms with Gasteiger partial charge in [-0.25, -0.2) is 5.10 Å². The minimum Gasteiger partial charge on any atom is -0.403 e. The summed E-state index contributed by atoms with van der Waals surface area (Å²) in [5, 5.41) is 12.2. The summed E-state index contributed by atoms with van der Waals surface area (Å²) in [6.07, 6.45) is 0.930. The highest BCUT2D eigenvalue weighted by Gasteiger charge is 2.10. The van der Waals surface area contributed by atoms with Gasteiger partial charge in [0.25, 0.3) is 5.56 Å². The lowest BCUT2D eigenvalue weighted by atomic mass is 10.3. The zero-order chi connectivity index (χ0) is 15.9. The molecule has 0 radical (unpaired) electrons. The van der Waals surface area contributed by atoms with Gasteiger partial charge in [-0.15, -0.1) is 5.10 Å². The number of aromatic nitrogens is 5. The largest absolute Gasteiger partial charge is 0.403 e. The number of hydrogen-bond donors (Lipinski definition) is 3. The molecule has 2 rings (SSSR count). The fourth-order valence-electron chi connectivity index (χ4n) is 1.51. The third-order valence-electron chi connectivity index (χ3n) is 2.79. The van der Waals surface area contributed by atoms with E-state index in [0.717, 1.165) is 6.42 Å². The average Bonchev–Trinajstić information content (AvgIpc) is 2.49. The molecule has 1 atom stereocenters. The molecule has 118 valence electrons. The van der Waals surface area contributed by atoms with Gasteiger partial charge in [0.2, 0.25) is 17.8 Å². The quantitative estimate of drug-likeness (QED) is 0.702. The van der Waals surface area contributed by atoms with Crippen LogP contribution in [0, 0.1) is 0 Å². The fourth-order valence-corrected chi connectivity index (χ4v) is 1.51. The van der Waals surface area contributed by atoms with Crippen LogP contribution in [0.2, 0.25) is 0 Å². The highest BCUT2D eigenvalue weighted by Crippen LogP contribution is 2.17. The molecule has 2 heterocycles. The van der Waals surface area contributed by atoms with E-state index in [1.54, 1.807) is 0 Å². The second kappa shape index (κ2) is 7.34. The van der Waals surface area contributed by atoms with Crippen LogP contribution in [0.5, 0.6) is 11.9 Å². The van der Waals surface area contributed by atoms with Crippen LogP contribution in [-0.4, -0.2) is 37.7 Å². The molecule has 2 aromatic heterocycles. The van der Waals surface area contributed by atoms with E-state index in [9.17, 15) is 4.79 Å². The number of ether oxygens (including phenoxy) is 1. The Kier molecular flexibility index (Phi) is 5.23. The lowest BCUT2D eigenvalue weighted by Gasteiger charge is -2.13. The SMILES string of the molecule is CCNc1nc(N[C@@H](C)CC)nc(Oc2ccc(=O)[nH]n2)n1. The van der Waals surface area contributed by atoms with Crippen molar-refractivity contribution in [3.63, 3.8) is 0 Å².